The van der Waals surface area contributed by atoms with Gasteiger partial charge in [-0.25, -0.2) is 0 Å². The van der Waals surface area contributed by atoms with Crippen LogP contribution in [0.4, 0.5) is 0 Å². The third-order valence-electron chi connectivity index (χ3n) is 4.67. The maximum Gasteiger partial charge on any atom is 0.226 e. The quantitative estimate of drug-likeness (QED) is 0.737. The number of aliphatic hydroxyl groups is 1. The topological polar surface area (TPSA) is 66.6 Å². The first-order valence-corrected chi connectivity index (χ1v) is 7.17. The number of nitrogens with zero attached hydrogens (tertiary/aromatic N) is 1. The van der Waals surface area contributed by atoms with Crippen molar-refractivity contribution >= 4 is 5.91 Å². The maximum atomic E-state index is 12.6. The van der Waals surface area contributed by atoms with Crippen molar-refractivity contribution in [2.75, 3.05) is 13.1 Å². The predicted molar refractivity (Wildman–Crippen MR) is 70.9 cm³/mol. The van der Waals surface area contributed by atoms with E-state index in [0.717, 1.165) is 38.6 Å². The molecule has 4 unspecified atom stereocenters. The van der Waals surface area contributed by atoms with Crippen LogP contribution < -0.4 is 5.73 Å². The Hall–Kier alpha value is -0.610. The van der Waals surface area contributed by atoms with Crippen LogP contribution in [0.15, 0.2) is 0 Å². The Morgan fingerprint density at radius 3 is 2.78 bits per heavy atom. The van der Waals surface area contributed by atoms with Gasteiger partial charge in [-0.1, -0.05) is 13.3 Å². The molecule has 4 atom stereocenters. The fourth-order valence-corrected chi connectivity index (χ4v) is 3.39. The Bertz CT molecular complexity index is 317. The van der Waals surface area contributed by atoms with Crippen molar-refractivity contribution in [2.45, 2.75) is 57.6 Å². The largest absolute Gasteiger partial charge is 0.388 e. The lowest BCUT2D eigenvalue weighted by atomic mass is 9.76. The lowest BCUT2D eigenvalue weighted by molar-refractivity contribution is -0.144. The third-order valence-corrected chi connectivity index (χ3v) is 4.67. The van der Waals surface area contributed by atoms with E-state index in [0.29, 0.717) is 6.54 Å². The van der Waals surface area contributed by atoms with Gasteiger partial charge in [0.25, 0.3) is 0 Å². The Kier molecular flexibility index (Phi) is 3.97. The molecule has 4 nitrogen and oxygen atoms in total. The van der Waals surface area contributed by atoms with Gasteiger partial charge < -0.3 is 15.7 Å². The van der Waals surface area contributed by atoms with Gasteiger partial charge in [-0.05, 0) is 38.5 Å². The number of hydrogen-bond donors (Lipinski definition) is 2. The Balaban J connectivity index is 2.02. The van der Waals surface area contributed by atoms with Gasteiger partial charge in [-0.3, -0.25) is 4.79 Å². The average molecular weight is 254 g/mol. The van der Waals surface area contributed by atoms with Crippen molar-refractivity contribution in [3.8, 4) is 0 Å². The summed E-state index contributed by atoms with van der Waals surface area (Å²) in [5, 5.41) is 10.1. The van der Waals surface area contributed by atoms with E-state index in [2.05, 4.69) is 6.92 Å². The minimum Gasteiger partial charge on any atom is -0.388 e. The van der Waals surface area contributed by atoms with Gasteiger partial charge in [0.05, 0.1) is 5.60 Å². The van der Waals surface area contributed by atoms with E-state index in [1.54, 1.807) is 0 Å². The lowest BCUT2D eigenvalue weighted by Gasteiger charge is -2.41. The highest BCUT2D eigenvalue weighted by molar-refractivity contribution is 5.79. The second kappa shape index (κ2) is 5.17. The second-order valence-electron chi connectivity index (χ2n) is 6.42. The summed E-state index contributed by atoms with van der Waals surface area (Å²) in [5.41, 5.74) is 5.35. The average Bonchev–Trinajstić information content (AvgIpc) is 2.30. The highest BCUT2D eigenvalue weighted by atomic mass is 16.3. The van der Waals surface area contributed by atoms with Crippen molar-refractivity contribution < 1.29 is 9.90 Å². The standard InChI is InChI=1S/C14H26N2O2/c1-10-11(5-3-6-12(10)15)13(17)16-8-4-7-14(2,18)9-16/h10-12,18H,3-9,15H2,1-2H3. The molecular weight excluding hydrogens is 228 g/mol. The van der Waals surface area contributed by atoms with Gasteiger partial charge in [-0.2, -0.15) is 0 Å². The van der Waals surface area contributed by atoms with Crippen molar-refractivity contribution in [3.05, 3.63) is 0 Å². The summed E-state index contributed by atoms with van der Waals surface area (Å²) in [5.74, 6) is 0.526. The van der Waals surface area contributed by atoms with Crippen LogP contribution in [-0.4, -0.2) is 40.6 Å². The molecule has 0 aromatic heterocycles. The summed E-state index contributed by atoms with van der Waals surface area (Å²) in [6.45, 7) is 5.18. The predicted octanol–water partition coefficient (Wildman–Crippen LogP) is 1.12. The summed E-state index contributed by atoms with van der Waals surface area (Å²) >= 11 is 0. The molecule has 0 radical (unpaired) electrons. The Morgan fingerprint density at radius 1 is 1.39 bits per heavy atom. The van der Waals surface area contributed by atoms with E-state index >= 15 is 0 Å². The molecule has 0 aromatic rings. The van der Waals surface area contributed by atoms with Crippen molar-refractivity contribution in [2.24, 2.45) is 17.6 Å². The fraction of sp³-hybridized carbons (Fsp3) is 0.929. The van der Waals surface area contributed by atoms with Crippen molar-refractivity contribution in [1.82, 2.24) is 4.90 Å². The van der Waals surface area contributed by atoms with Gasteiger partial charge in [0.15, 0.2) is 0 Å². The van der Waals surface area contributed by atoms with E-state index in [4.69, 9.17) is 5.73 Å². The molecule has 1 saturated heterocycles. The number of amides is 1. The number of likely N-dealkylation sites (tertiary alicyclic amines) is 1. The monoisotopic (exact) mass is 254 g/mol. The van der Waals surface area contributed by atoms with E-state index in [9.17, 15) is 9.90 Å². The van der Waals surface area contributed by atoms with Crippen LogP contribution in [0.3, 0.4) is 0 Å². The van der Waals surface area contributed by atoms with Gasteiger partial charge in [0.1, 0.15) is 0 Å². The minimum atomic E-state index is -0.714. The fourth-order valence-electron chi connectivity index (χ4n) is 3.39. The molecule has 2 aliphatic rings. The molecule has 104 valence electrons. The van der Waals surface area contributed by atoms with Gasteiger partial charge in [0, 0.05) is 25.0 Å². The summed E-state index contributed by atoms with van der Waals surface area (Å²) in [7, 11) is 0. The van der Waals surface area contributed by atoms with E-state index in [1.807, 2.05) is 11.8 Å². The zero-order chi connectivity index (χ0) is 13.3. The number of hydrogen-bond acceptors (Lipinski definition) is 3. The van der Waals surface area contributed by atoms with Crippen LogP contribution >= 0.6 is 0 Å². The lowest BCUT2D eigenvalue weighted by Crippen LogP contribution is -2.53. The second-order valence-corrected chi connectivity index (χ2v) is 6.42. The van der Waals surface area contributed by atoms with Crippen LogP contribution in [-0.2, 0) is 4.79 Å². The molecule has 2 fully saturated rings. The molecule has 1 saturated carbocycles. The first-order chi connectivity index (χ1) is 8.41. The van der Waals surface area contributed by atoms with Crippen LogP contribution in [0.5, 0.6) is 0 Å². The molecule has 1 amide bonds. The SMILES string of the molecule is CC1C(N)CCCC1C(=O)N1CCCC(C)(O)C1. The molecular formula is C14H26N2O2. The van der Waals surface area contributed by atoms with Gasteiger partial charge in [0.2, 0.25) is 5.91 Å². The van der Waals surface area contributed by atoms with E-state index in [1.165, 1.54) is 0 Å². The number of piperidine rings is 1. The third kappa shape index (κ3) is 2.86. The Morgan fingerprint density at radius 2 is 2.11 bits per heavy atom. The smallest absolute Gasteiger partial charge is 0.226 e. The summed E-state index contributed by atoms with van der Waals surface area (Å²) < 4.78 is 0. The number of β-amino-alcohol motifs (C(OH)–C–C–N with tert-alkyl or cyclic N) is 1. The molecule has 18 heavy (non-hydrogen) atoms. The molecule has 0 bridgehead atoms. The first kappa shape index (κ1) is 13.8. The van der Waals surface area contributed by atoms with Gasteiger partial charge >= 0.3 is 0 Å². The normalized spacial score (nSPS) is 41.8. The van der Waals surface area contributed by atoms with Crippen LogP contribution in [0.2, 0.25) is 0 Å². The summed E-state index contributed by atoms with van der Waals surface area (Å²) in [4.78, 5) is 14.4. The first-order valence-electron chi connectivity index (χ1n) is 7.17. The highest BCUT2D eigenvalue weighted by Gasteiger charge is 2.38. The number of carbonyl (C=O) groups excluding carboxylic acids is 1. The molecule has 0 aromatic carbocycles. The van der Waals surface area contributed by atoms with Crippen molar-refractivity contribution in [3.63, 3.8) is 0 Å². The van der Waals surface area contributed by atoms with E-state index in [-0.39, 0.29) is 23.8 Å². The van der Waals surface area contributed by atoms with Crippen LogP contribution in [0, 0.1) is 11.8 Å². The molecule has 1 aliphatic carbocycles. The Labute approximate surface area is 110 Å². The number of carbonyl (C=O) groups is 1. The zero-order valence-corrected chi connectivity index (χ0v) is 11.6. The molecule has 3 N–H and O–H groups in total. The van der Waals surface area contributed by atoms with E-state index < -0.39 is 5.60 Å². The summed E-state index contributed by atoms with van der Waals surface area (Å²) in [6, 6.07) is 0.151. The van der Waals surface area contributed by atoms with Crippen LogP contribution in [0.1, 0.15) is 46.0 Å². The molecule has 4 heteroatoms. The van der Waals surface area contributed by atoms with Crippen molar-refractivity contribution in [1.29, 1.82) is 0 Å². The van der Waals surface area contributed by atoms with Crippen LogP contribution in [0.25, 0.3) is 0 Å². The molecule has 0 spiro atoms. The number of nitrogens with two attached hydrogens (primary N) is 1. The molecule has 1 aliphatic heterocycles. The molecule has 2 rings (SSSR count). The maximum absolute atomic E-state index is 12.6. The molecule has 1 heterocycles. The summed E-state index contributed by atoms with van der Waals surface area (Å²) in [6.07, 6.45) is 4.71. The zero-order valence-electron chi connectivity index (χ0n) is 11.6. The number of rotatable bonds is 1. The van der Waals surface area contributed by atoms with Gasteiger partial charge in [-0.15, -0.1) is 0 Å². The highest BCUT2D eigenvalue weighted by Crippen LogP contribution is 2.32. The minimum absolute atomic E-state index is 0.0580.